The minimum Gasteiger partial charge on any atom is -0.382 e. The molecule has 0 unspecified atom stereocenters. The van der Waals surface area contributed by atoms with Gasteiger partial charge >= 0.3 is 5.69 Å². The zero-order chi connectivity index (χ0) is 19.7. The smallest absolute Gasteiger partial charge is 0.323 e. The third kappa shape index (κ3) is 3.35. The van der Waals surface area contributed by atoms with Crippen molar-refractivity contribution in [1.29, 1.82) is 5.26 Å². The van der Waals surface area contributed by atoms with Gasteiger partial charge in [0.05, 0.1) is 22.3 Å². The van der Waals surface area contributed by atoms with Gasteiger partial charge in [0.1, 0.15) is 6.07 Å². The maximum absolute atomic E-state index is 11.4. The number of rotatable bonds is 4. The first-order valence-electron chi connectivity index (χ1n) is 8.89. The lowest BCUT2D eigenvalue weighted by molar-refractivity contribution is 0.899. The molecule has 0 aliphatic rings. The molecule has 0 fully saturated rings. The summed E-state index contributed by atoms with van der Waals surface area (Å²) in [6.07, 6.45) is 3.47. The van der Waals surface area contributed by atoms with E-state index < -0.39 is 0 Å². The Morgan fingerprint density at radius 1 is 0.964 bits per heavy atom. The molecule has 7 heteroatoms. The van der Waals surface area contributed by atoms with Crippen LogP contribution >= 0.6 is 0 Å². The van der Waals surface area contributed by atoms with E-state index in [0.717, 1.165) is 33.4 Å². The average molecular weight is 370 g/mol. The Labute approximate surface area is 161 Å². The van der Waals surface area contributed by atoms with Crippen LogP contribution in [0.2, 0.25) is 0 Å². The van der Waals surface area contributed by atoms with Crippen molar-refractivity contribution < 1.29 is 0 Å². The number of nitrogens with one attached hydrogen (secondary N) is 3. The molecule has 0 aliphatic carbocycles. The van der Waals surface area contributed by atoms with Gasteiger partial charge in [-0.15, -0.1) is 0 Å². The standard InChI is InChI=1S/C21H18N6O/c1-12(2)25-17-5-4-14(7-15(17)9-22)20-23-10-16(11-24-20)13-3-6-18-19(8-13)27-21(28)26-18/h3-8,10-12,25H,1-2H3,(H2,26,27,28). The summed E-state index contributed by atoms with van der Waals surface area (Å²) < 4.78 is 0. The molecular formula is C21H18N6O. The van der Waals surface area contributed by atoms with E-state index in [-0.39, 0.29) is 11.7 Å². The van der Waals surface area contributed by atoms with Crippen LogP contribution in [0, 0.1) is 11.3 Å². The van der Waals surface area contributed by atoms with E-state index in [4.69, 9.17) is 0 Å². The summed E-state index contributed by atoms with van der Waals surface area (Å²) in [6.45, 7) is 4.05. The van der Waals surface area contributed by atoms with Crippen molar-refractivity contribution in [2.45, 2.75) is 19.9 Å². The first-order valence-corrected chi connectivity index (χ1v) is 8.89. The summed E-state index contributed by atoms with van der Waals surface area (Å²) in [5.41, 5.74) is 5.14. The molecule has 2 aromatic carbocycles. The molecule has 28 heavy (non-hydrogen) atoms. The van der Waals surface area contributed by atoms with E-state index in [1.807, 2.05) is 44.2 Å². The predicted molar refractivity (Wildman–Crippen MR) is 109 cm³/mol. The van der Waals surface area contributed by atoms with Crippen molar-refractivity contribution in [3.8, 4) is 28.6 Å². The van der Waals surface area contributed by atoms with E-state index in [1.54, 1.807) is 18.5 Å². The number of anilines is 1. The second-order valence-corrected chi connectivity index (χ2v) is 6.81. The maximum Gasteiger partial charge on any atom is 0.323 e. The van der Waals surface area contributed by atoms with Gasteiger partial charge in [-0.1, -0.05) is 6.07 Å². The van der Waals surface area contributed by atoms with Gasteiger partial charge in [0.2, 0.25) is 0 Å². The quantitative estimate of drug-likeness (QED) is 0.508. The summed E-state index contributed by atoms with van der Waals surface area (Å²) in [5.74, 6) is 0.549. The zero-order valence-electron chi connectivity index (χ0n) is 15.4. The van der Waals surface area contributed by atoms with E-state index in [1.165, 1.54) is 0 Å². The molecule has 0 saturated carbocycles. The lowest BCUT2D eigenvalue weighted by atomic mass is 10.1. The van der Waals surface area contributed by atoms with Crippen molar-refractivity contribution in [1.82, 2.24) is 19.9 Å². The zero-order valence-corrected chi connectivity index (χ0v) is 15.4. The number of hydrogen-bond donors (Lipinski definition) is 3. The monoisotopic (exact) mass is 370 g/mol. The van der Waals surface area contributed by atoms with Gasteiger partial charge in [0.15, 0.2) is 5.82 Å². The highest BCUT2D eigenvalue weighted by atomic mass is 16.1. The molecule has 138 valence electrons. The molecule has 2 heterocycles. The average Bonchev–Trinajstić information content (AvgIpc) is 3.07. The van der Waals surface area contributed by atoms with Gasteiger partial charge < -0.3 is 15.3 Å². The predicted octanol–water partition coefficient (Wildman–Crippen LogP) is 3.67. The van der Waals surface area contributed by atoms with Crippen molar-refractivity contribution in [2.75, 3.05) is 5.32 Å². The second-order valence-electron chi connectivity index (χ2n) is 6.81. The fraction of sp³-hybridized carbons (Fsp3) is 0.143. The number of hydrogen-bond acceptors (Lipinski definition) is 5. The number of fused-ring (bicyclic) bond motifs is 1. The van der Waals surface area contributed by atoms with Crippen LogP contribution in [0.4, 0.5) is 5.69 Å². The van der Waals surface area contributed by atoms with Crippen LogP contribution in [0.3, 0.4) is 0 Å². The third-order valence-electron chi connectivity index (χ3n) is 4.34. The van der Waals surface area contributed by atoms with Gasteiger partial charge in [-0.2, -0.15) is 5.26 Å². The normalized spacial score (nSPS) is 10.9. The Morgan fingerprint density at radius 2 is 1.68 bits per heavy atom. The highest BCUT2D eigenvalue weighted by molar-refractivity contribution is 5.81. The number of H-pyrrole nitrogens is 2. The number of nitrogens with zero attached hydrogens (tertiary/aromatic N) is 3. The lowest BCUT2D eigenvalue weighted by Crippen LogP contribution is -2.10. The summed E-state index contributed by atoms with van der Waals surface area (Å²) in [7, 11) is 0. The Kier molecular flexibility index (Phi) is 4.38. The number of aromatic amines is 2. The van der Waals surface area contributed by atoms with Gasteiger partial charge in [-0.05, 0) is 49.7 Å². The molecule has 0 amide bonds. The minimum absolute atomic E-state index is 0.234. The molecule has 0 radical (unpaired) electrons. The molecule has 4 aromatic rings. The van der Waals surface area contributed by atoms with Crippen LogP contribution < -0.4 is 11.0 Å². The van der Waals surface area contributed by atoms with E-state index >= 15 is 0 Å². The van der Waals surface area contributed by atoms with Crippen molar-refractivity contribution in [3.05, 3.63) is 64.8 Å². The maximum atomic E-state index is 11.4. The minimum atomic E-state index is -0.234. The summed E-state index contributed by atoms with van der Waals surface area (Å²) in [4.78, 5) is 25.8. The number of nitriles is 1. The van der Waals surface area contributed by atoms with E-state index in [0.29, 0.717) is 11.4 Å². The lowest BCUT2D eigenvalue weighted by Gasteiger charge is -2.12. The summed E-state index contributed by atoms with van der Waals surface area (Å²) in [6, 6.07) is 13.6. The molecule has 2 aromatic heterocycles. The second kappa shape index (κ2) is 7.00. The fourth-order valence-electron chi connectivity index (χ4n) is 3.05. The Morgan fingerprint density at radius 3 is 2.39 bits per heavy atom. The van der Waals surface area contributed by atoms with Crippen LogP contribution in [0.25, 0.3) is 33.5 Å². The van der Waals surface area contributed by atoms with Gasteiger partial charge in [-0.3, -0.25) is 0 Å². The largest absolute Gasteiger partial charge is 0.382 e. The van der Waals surface area contributed by atoms with Crippen molar-refractivity contribution in [2.24, 2.45) is 0 Å². The Bertz CT molecular complexity index is 1240. The molecule has 7 nitrogen and oxygen atoms in total. The van der Waals surface area contributed by atoms with E-state index in [2.05, 4.69) is 31.3 Å². The van der Waals surface area contributed by atoms with E-state index in [9.17, 15) is 10.1 Å². The summed E-state index contributed by atoms with van der Waals surface area (Å²) >= 11 is 0. The number of aromatic nitrogens is 4. The van der Waals surface area contributed by atoms with Crippen LogP contribution in [0.5, 0.6) is 0 Å². The number of benzene rings is 2. The Balaban J connectivity index is 1.65. The van der Waals surface area contributed by atoms with Crippen LogP contribution in [0.1, 0.15) is 19.4 Å². The number of imidazole rings is 1. The first kappa shape index (κ1) is 17.5. The molecule has 0 atom stereocenters. The first-order chi connectivity index (χ1) is 13.5. The SMILES string of the molecule is CC(C)Nc1ccc(-c2ncc(-c3ccc4[nH]c(=O)[nH]c4c3)cn2)cc1C#N. The van der Waals surface area contributed by atoms with Crippen molar-refractivity contribution >= 4 is 16.7 Å². The fourth-order valence-corrected chi connectivity index (χ4v) is 3.05. The van der Waals surface area contributed by atoms with Crippen LogP contribution in [-0.2, 0) is 0 Å². The Hall–Kier alpha value is -3.92. The van der Waals surface area contributed by atoms with Crippen molar-refractivity contribution in [3.63, 3.8) is 0 Å². The van der Waals surface area contributed by atoms with Gasteiger partial charge in [0.25, 0.3) is 0 Å². The molecule has 4 rings (SSSR count). The third-order valence-corrected chi connectivity index (χ3v) is 4.34. The molecular weight excluding hydrogens is 352 g/mol. The molecule has 0 spiro atoms. The summed E-state index contributed by atoms with van der Waals surface area (Å²) in [5, 5.41) is 12.7. The molecule has 3 N–H and O–H groups in total. The van der Waals surface area contributed by atoms with Gasteiger partial charge in [-0.25, -0.2) is 14.8 Å². The van der Waals surface area contributed by atoms with Crippen LogP contribution in [0.15, 0.2) is 53.6 Å². The van der Waals surface area contributed by atoms with Crippen LogP contribution in [-0.4, -0.2) is 26.0 Å². The van der Waals surface area contributed by atoms with Gasteiger partial charge in [0, 0.05) is 29.6 Å². The topological polar surface area (TPSA) is 110 Å². The molecule has 0 bridgehead atoms. The molecule has 0 saturated heterocycles. The highest BCUT2D eigenvalue weighted by Crippen LogP contribution is 2.25. The highest BCUT2D eigenvalue weighted by Gasteiger charge is 2.09. The molecule has 0 aliphatic heterocycles.